The van der Waals surface area contributed by atoms with Gasteiger partial charge in [0.2, 0.25) is 5.91 Å². The van der Waals surface area contributed by atoms with E-state index in [9.17, 15) is 14.4 Å². The SMILES string of the molecule is CNC(=O)c1cc2c(s1)CCN(C(=O)[C@H]1CCCN(C(N)=O)C1)C2. The molecule has 130 valence electrons. The van der Waals surface area contributed by atoms with E-state index in [0.717, 1.165) is 24.8 Å². The number of hydrogen-bond acceptors (Lipinski definition) is 4. The first kappa shape index (κ1) is 16.8. The molecule has 0 radical (unpaired) electrons. The minimum Gasteiger partial charge on any atom is -0.354 e. The van der Waals surface area contributed by atoms with Gasteiger partial charge in [0, 0.05) is 38.1 Å². The first-order valence-corrected chi connectivity index (χ1v) is 8.98. The molecule has 1 aromatic rings. The van der Waals surface area contributed by atoms with E-state index >= 15 is 0 Å². The Labute approximate surface area is 144 Å². The highest BCUT2D eigenvalue weighted by Crippen LogP contribution is 2.29. The monoisotopic (exact) mass is 350 g/mol. The number of likely N-dealkylation sites (tertiary alicyclic amines) is 1. The van der Waals surface area contributed by atoms with Gasteiger partial charge in [-0.15, -0.1) is 11.3 Å². The molecule has 24 heavy (non-hydrogen) atoms. The molecular weight excluding hydrogens is 328 g/mol. The molecule has 0 spiro atoms. The maximum Gasteiger partial charge on any atom is 0.314 e. The number of piperidine rings is 1. The normalized spacial score (nSPS) is 20.5. The standard InChI is InChI=1S/C16H22N4O3S/c1-18-14(21)13-7-11-9-19(6-4-12(11)24-13)15(22)10-3-2-5-20(8-10)16(17)23/h7,10H,2-6,8-9H2,1H3,(H2,17,23)(H,18,21)/t10-/m0/s1. The van der Waals surface area contributed by atoms with Crippen molar-refractivity contribution in [2.75, 3.05) is 26.7 Å². The maximum atomic E-state index is 12.8. The summed E-state index contributed by atoms with van der Waals surface area (Å²) in [5.74, 6) is -0.180. The second kappa shape index (κ2) is 6.80. The second-order valence-corrected chi connectivity index (χ2v) is 7.41. The van der Waals surface area contributed by atoms with E-state index in [0.29, 0.717) is 31.1 Å². The average Bonchev–Trinajstić information content (AvgIpc) is 3.03. The zero-order valence-corrected chi connectivity index (χ0v) is 14.5. The lowest BCUT2D eigenvalue weighted by atomic mass is 9.95. The lowest BCUT2D eigenvalue weighted by molar-refractivity contribution is -0.137. The molecule has 1 aromatic heterocycles. The molecule has 0 unspecified atom stereocenters. The van der Waals surface area contributed by atoms with Crippen molar-refractivity contribution in [3.05, 3.63) is 21.4 Å². The van der Waals surface area contributed by atoms with Crippen molar-refractivity contribution in [1.29, 1.82) is 0 Å². The maximum absolute atomic E-state index is 12.8. The molecule has 2 aliphatic heterocycles. The number of nitrogens with zero attached hydrogens (tertiary/aromatic N) is 2. The van der Waals surface area contributed by atoms with E-state index in [1.165, 1.54) is 16.2 Å². The number of thiophene rings is 1. The predicted molar refractivity (Wildman–Crippen MR) is 90.7 cm³/mol. The van der Waals surface area contributed by atoms with E-state index in [2.05, 4.69) is 5.32 Å². The van der Waals surface area contributed by atoms with Crippen LogP contribution in [0, 0.1) is 5.92 Å². The molecule has 0 bridgehead atoms. The van der Waals surface area contributed by atoms with Crippen molar-refractivity contribution >= 4 is 29.2 Å². The summed E-state index contributed by atoms with van der Waals surface area (Å²) in [4.78, 5) is 41.2. The number of amides is 4. The molecule has 0 aliphatic carbocycles. The highest BCUT2D eigenvalue weighted by molar-refractivity contribution is 7.14. The van der Waals surface area contributed by atoms with Crippen LogP contribution in [0.4, 0.5) is 4.79 Å². The number of nitrogens with two attached hydrogens (primary N) is 1. The fourth-order valence-electron chi connectivity index (χ4n) is 3.39. The van der Waals surface area contributed by atoms with E-state index in [1.807, 2.05) is 11.0 Å². The summed E-state index contributed by atoms with van der Waals surface area (Å²) in [5, 5.41) is 2.63. The van der Waals surface area contributed by atoms with Crippen molar-refractivity contribution in [3.63, 3.8) is 0 Å². The third kappa shape index (κ3) is 3.24. The topological polar surface area (TPSA) is 95.7 Å². The fourth-order valence-corrected chi connectivity index (χ4v) is 4.50. The Hall–Kier alpha value is -2.09. The number of hydrogen-bond donors (Lipinski definition) is 2. The molecule has 0 aromatic carbocycles. The molecule has 2 aliphatic rings. The molecule has 1 atom stereocenters. The van der Waals surface area contributed by atoms with Gasteiger partial charge in [-0.05, 0) is 30.9 Å². The van der Waals surface area contributed by atoms with Gasteiger partial charge < -0.3 is 20.9 Å². The summed E-state index contributed by atoms with van der Waals surface area (Å²) in [6.07, 6.45) is 2.37. The number of rotatable bonds is 2. The Morgan fingerprint density at radius 1 is 1.29 bits per heavy atom. The highest BCUT2D eigenvalue weighted by Gasteiger charge is 2.32. The average molecular weight is 350 g/mol. The van der Waals surface area contributed by atoms with E-state index in [4.69, 9.17) is 5.73 Å². The third-order valence-electron chi connectivity index (χ3n) is 4.71. The van der Waals surface area contributed by atoms with Crippen LogP contribution in [0.5, 0.6) is 0 Å². The lowest BCUT2D eigenvalue weighted by Crippen LogP contribution is -2.49. The highest BCUT2D eigenvalue weighted by atomic mass is 32.1. The Morgan fingerprint density at radius 2 is 2.08 bits per heavy atom. The Bertz CT molecular complexity index is 672. The number of urea groups is 1. The van der Waals surface area contributed by atoms with Gasteiger partial charge >= 0.3 is 6.03 Å². The Kier molecular flexibility index (Phi) is 4.75. The van der Waals surface area contributed by atoms with Crippen molar-refractivity contribution in [2.24, 2.45) is 11.7 Å². The molecule has 8 heteroatoms. The van der Waals surface area contributed by atoms with Crippen LogP contribution in [0.3, 0.4) is 0 Å². The van der Waals surface area contributed by atoms with Gasteiger partial charge in [0.05, 0.1) is 10.8 Å². The van der Waals surface area contributed by atoms with Crippen LogP contribution in [0.25, 0.3) is 0 Å². The van der Waals surface area contributed by atoms with E-state index in [1.54, 1.807) is 11.9 Å². The minimum atomic E-state index is -0.457. The van der Waals surface area contributed by atoms with Gasteiger partial charge in [-0.25, -0.2) is 4.79 Å². The smallest absolute Gasteiger partial charge is 0.314 e. The predicted octanol–water partition coefficient (Wildman–Crippen LogP) is 0.783. The first-order valence-electron chi connectivity index (χ1n) is 8.16. The van der Waals surface area contributed by atoms with Crippen molar-refractivity contribution in [1.82, 2.24) is 15.1 Å². The molecule has 4 amide bonds. The summed E-state index contributed by atoms with van der Waals surface area (Å²) in [5.41, 5.74) is 6.40. The molecule has 1 fully saturated rings. The summed E-state index contributed by atoms with van der Waals surface area (Å²) in [7, 11) is 1.62. The van der Waals surface area contributed by atoms with Crippen LogP contribution in [0.1, 0.15) is 33.0 Å². The lowest BCUT2D eigenvalue weighted by Gasteiger charge is -2.35. The minimum absolute atomic E-state index is 0.0827. The Balaban J connectivity index is 1.68. The van der Waals surface area contributed by atoms with Crippen LogP contribution in [-0.4, -0.2) is 54.3 Å². The fraction of sp³-hybridized carbons (Fsp3) is 0.562. The van der Waals surface area contributed by atoms with Crippen LogP contribution in [-0.2, 0) is 17.8 Å². The summed E-state index contributed by atoms with van der Waals surface area (Å²) >= 11 is 1.50. The molecule has 0 saturated carbocycles. The van der Waals surface area contributed by atoms with Gasteiger partial charge in [0.1, 0.15) is 0 Å². The summed E-state index contributed by atoms with van der Waals surface area (Å²) in [6, 6.07) is 1.43. The van der Waals surface area contributed by atoms with Crippen LogP contribution < -0.4 is 11.1 Å². The van der Waals surface area contributed by atoms with Gasteiger partial charge in [-0.1, -0.05) is 0 Å². The second-order valence-electron chi connectivity index (χ2n) is 6.27. The molecular formula is C16H22N4O3S. The number of carbonyl (C=O) groups is 3. The Morgan fingerprint density at radius 3 is 2.79 bits per heavy atom. The number of fused-ring (bicyclic) bond motifs is 1. The molecule has 1 saturated heterocycles. The summed E-state index contributed by atoms with van der Waals surface area (Å²) < 4.78 is 0. The molecule has 3 heterocycles. The van der Waals surface area contributed by atoms with Crippen LogP contribution in [0.2, 0.25) is 0 Å². The first-order chi connectivity index (χ1) is 11.5. The number of primary amides is 1. The molecule has 3 N–H and O–H groups in total. The van der Waals surface area contributed by atoms with Gasteiger partial charge in [0.15, 0.2) is 0 Å². The number of nitrogens with one attached hydrogen (secondary N) is 1. The van der Waals surface area contributed by atoms with Crippen molar-refractivity contribution < 1.29 is 14.4 Å². The number of carbonyl (C=O) groups excluding carboxylic acids is 3. The van der Waals surface area contributed by atoms with Gasteiger partial charge in [-0.3, -0.25) is 9.59 Å². The van der Waals surface area contributed by atoms with E-state index < -0.39 is 6.03 Å². The quantitative estimate of drug-likeness (QED) is 0.825. The largest absolute Gasteiger partial charge is 0.354 e. The van der Waals surface area contributed by atoms with Gasteiger partial charge in [0.25, 0.3) is 5.91 Å². The van der Waals surface area contributed by atoms with Crippen molar-refractivity contribution in [3.8, 4) is 0 Å². The van der Waals surface area contributed by atoms with E-state index in [-0.39, 0.29) is 17.7 Å². The van der Waals surface area contributed by atoms with Crippen LogP contribution in [0.15, 0.2) is 6.07 Å². The van der Waals surface area contributed by atoms with Gasteiger partial charge in [-0.2, -0.15) is 0 Å². The molecule has 7 nitrogen and oxygen atoms in total. The third-order valence-corrected chi connectivity index (χ3v) is 5.95. The summed E-state index contributed by atoms with van der Waals surface area (Å²) in [6.45, 7) is 2.23. The zero-order valence-electron chi connectivity index (χ0n) is 13.7. The zero-order chi connectivity index (χ0) is 17.3. The van der Waals surface area contributed by atoms with Crippen LogP contribution >= 0.6 is 11.3 Å². The van der Waals surface area contributed by atoms with Crippen molar-refractivity contribution in [2.45, 2.75) is 25.8 Å². The molecule has 3 rings (SSSR count).